The Bertz CT molecular complexity index is 269. The maximum atomic E-state index is 5.18. The Balaban J connectivity index is 3.29. The molecular weight excluding hydrogens is 156 g/mol. The van der Waals surface area contributed by atoms with Gasteiger partial charge in [-0.05, 0) is 25.0 Å². The number of benzene rings is 1. The fourth-order valence-corrected chi connectivity index (χ4v) is 1.37. The predicted octanol–water partition coefficient (Wildman–Crippen LogP) is 2.60. The second kappa shape index (κ2) is 3.18. The normalized spacial score (nSPS) is 9.82. The van der Waals surface area contributed by atoms with Crippen LogP contribution in [0.4, 0.5) is 0 Å². The van der Waals surface area contributed by atoms with Crippen LogP contribution in [-0.4, -0.2) is 7.11 Å². The van der Waals surface area contributed by atoms with Crippen molar-refractivity contribution >= 4 is 12.6 Å². The monoisotopic (exact) mass is 168 g/mol. The van der Waals surface area contributed by atoms with E-state index in [0.717, 1.165) is 21.8 Å². The smallest absolute Gasteiger partial charge is 0.135 e. The molecule has 0 aromatic heterocycles. The van der Waals surface area contributed by atoms with Gasteiger partial charge in [-0.15, -0.1) is 12.6 Å². The number of ether oxygens (including phenoxy) is 1. The molecular formula is C9H12OS. The van der Waals surface area contributed by atoms with Crippen molar-refractivity contribution in [3.05, 3.63) is 23.3 Å². The summed E-state index contributed by atoms with van der Waals surface area (Å²) in [6, 6.07) is 4.08. The van der Waals surface area contributed by atoms with Gasteiger partial charge in [0.25, 0.3) is 0 Å². The molecule has 0 radical (unpaired) electrons. The summed E-state index contributed by atoms with van der Waals surface area (Å²) in [5.74, 6) is 0.883. The number of hydrogen-bond acceptors (Lipinski definition) is 2. The average Bonchev–Trinajstić information content (AvgIpc) is 1.99. The lowest BCUT2D eigenvalue weighted by molar-refractivity contribution is 0.401. The molecule has 0 saturated carbocycles. The third-order valence-corrected chi connectivity index (χ3v) is 2.29. The number of thiol groups is 1. The van der Waals surface area contributed by atoms with Crippen LogP contribution in [0.1, 0.15) is 11.1 Å². The second-order valence-electron chi connectivity index (χ2n) is 2.58. The Morgan fingerprint density at radius 3 is 2.18 bits per heavy atom. The van der Waals surface area contributed by atoms with Crippen molar-refractivity contribution in [2.45, 2.75) is 18.7 Å². The van der Waals surface area contributed by atoms with Crippen LogP contribution < -0.4 is 4.74 Å². The van der Waals surface area contributed by atoms with E-state index in [2.05, 4.69) is 12.6 Å². The molecule has 1 aromatic carbocycles. The number of aryl methyl sites for hydroxylation is 2. The topological polar surface area (TPSA) is 9.23 Å². The quantitative estimate of drug-likeness (QED) is 0.634. The largest absolute Gasteiger partial charge is 0.495 e. The highest BCUT2D eigenvalue weighted by atomic mass is 32.1. The van der Waals surface area contributed by atoms with Crippen LogP contribution >= 0.6 is 12.6 Å². The molecule has 1 rings (SSSR count). The van der Waals surface area contributed by atoms with Crippen molar-refractivity contribution in [2.24, 2.45) is 0 Å². The lowest BCUT2D eigenvalue weighted by atomic mass is 10.1. The van der Waals surface area contributed by atoms with Gasteiger partial charge in [0.2, 0.25) is 0 Å². The van der Waals surface area contributed by atoms with E-state index >= 15 is 0 Å². The summed E-state index contributed by atoms with van der Waals surface area (Å²) in [5, 5.41) is 0. The first-order chi connectivity index (χ1) is 5.16. The SMILES string of the molecule is COc1c(C)ccc(C)c1S. The molecule has 0 heterocycles. The van der Waals surface area contributed by atoms with Gasteiger partial charge in [-0.25, -0.2) is 0 Å². The van der Waals surface area contributed by atoms with Crippen molar-refractivity contribution < 1.29 is 4.74 Å². The van der Waals surface area contributed by atoms with E-state index in [0.29, 0.717) is 0 Å². The third-order valence-electron chi connectivity index (χ3n) is 1.73. The molecule has 60 valence electrons. The van der Waals surface area contributed by atoms with Gasteiger partial charge in [0.05, 0.1) is 7.11 Å². The minimum atomic E-state index is 0.883. The first kappa shape index (κ1) is 8.47. The molecule has 0 unspecified atom stereocenters. The maximum Gasteiger partial charge on any atom is 0.135 e. The highest BCUT2D eigenvalue weighted by Crippen LogP contribution is 2.28. The van der Waals surface area contributed by atoms with Crippen LogP contribution in [-0.2, 0) is 0 Å². The van der Waals surface area contributed by atoms with Crippen molar-refractivity contribution in [3.63, 3.8) is 0 Å². The Kier molecular flexibility index (Phi) is 2.45. The van der Waals surface area contributed by atoms with E-state index in [1.54, 1.807) is 7.11 Å². The van der Waals surface area contributed by atoms with Gasteiger partial charge in [0, 0.05) is 4.90 Å². The first-order valence-corrected chi connectivity index (χ1v) is 3.94. The van der Waals surface area contributed by atoms with Crippen LogP contribution in [0.2, 0.25) is 0 Å². The molecule has 0 spiro atoms. The van der Waals surface area contributed by atoms with E-state index in [9.17, 15) is 0 Å². The van der Waals surface area contributed by atoms with E-state index in [4.69, 9.17) is 4.74 Å². The van der Waals surface area contributed by atoms with Gasteiger partial charge >= 0.3 is 0 Å². The van der Waals surface area contributed by atoms with Crippen LogP contribution in [0.25, 0.3) is 0 Å². The van der Waals surface area contributed by atoms with Crippen molar-refractivity contribution in [2.75, 3.05) is 7.11 Å². The summed E-state index contributed by atoms with van der Waals surface area (Å²) in [5.41, 5.74) is 2.28. The van der Waals surface area contributed by atoms with Crippen molar-refractivity contribution in [1.29, 1.82) is 0 Å². The van der Waals surface area contributed by atoms with E-state index in [-0.39, 0.29) is 0 Å². The number of hydrogen-bond donors (Lipinski definition) is 1. The number of rotatable bonds is 1. The number of methoxy groups -OCH3 is 1. The van der Waals surface area contributed by atoms with Gasteiger partial charge in [0.1, 0.15) is 5.75 Å². The highest BCUT2D eigenvalue weighted by molar-refractivity contribution is 7.80. The van der Waals surface area contributed by atoms with Gasteiger partial charge in [-0.3, -0.25) is 0 Å². The highest BCUT2D eigenvalue weighted by Gasteiger charge is 2.04. The van der Waals surface area contributed by atoms with Crippen molar-refractivity contribution in [3.8, 4) is 5.75 Å². The molecule has 0 aliphatic rings. The molecule has 0 aliphatic carbocycles. The van der Waals surface area contributed by atoms with E-state index in [1.165, 1.54) is 0 Å². The average molecular weight is 168 g/mol. The molecule has 0 fully saturated rings. The van der Waals surface area contributed by atoms with E-state index < -0.39 is 0 Å². The zero-order valence-corrected chi connectivity index (χ0v) is 7.90. The molecule has 1 aromatic rings. The van der Waals surface area contributed by atoms with Crippen LogP contribution in [0, 0.1) is 13.8 Å². The van der Waals surface area contributed by atoms with Crippen LogP contribution in [0.5, 0.6) is 5.75 Å². The molecule has 0 aliphatic heterocycles. The minimum Gasteiger partial charge on any atom is -0.495 e. The second-order valence-corrected chi connectivity index (χ2v) is 3.03. The van der Waals surface area contributed by atoms with E-state index in [1.807, 2.05) is 26.0 Å². The van der Waals surface area contributed by atoms with Gasteiger partial charge in [-0.2, -0.15) is 0 Å². The summed E-state index contributed by atoms with van der Waals surface area (Å²) >= 11 is 4.34. The molecule has 0 N–H and O–H groups in total. The summed E-state index contributed by atoms with van der Waals surface area (Å²) in [7, 11) is 1.67. The Labute approximate surface area is 72.8 Å². The van der Waals surface area contributed by atoms with Gasteiger partial charge in [0.15, 0.2) is 0 Å². The lowest BCUT2D eigenvalue weighted by Crippen LogP contribution is -1.90. The predicted molar refractivity (Wildman–Crippen MR) is 49.7 cm³/mol. The molecule has 11 heavy (non-hydrogen) atoms. The molecule has 0 saturated heterocycles. The standard InChI is InChI=1S/C9H12OS/c1-6-4-5-7(2)9(11)8(6)10-3/h4-5,11H,1-3H3. The Morgan fingerprint density at radius 1 is 1.18 bits per heavy atom. The molecule has 0 amide bonds. The fraction of sp³-hybridized carbons (Fsp3) is 0.333. The summed E-state index contributed by atoms with van der Waals surface area (Å²) < 4.78 is 5.18. The summed E-state index contributed by atoms with van der Waals surface area (Å²) in [6.45, 7) is 4.03. The molecule has 2 heteroatoms. The maximum absolute atomic E-state index is 5.18. The Morgan fingerprint density at radius 2 is 1.73 bits per heavy atom. The summed E-state index contributed by atoms with van der Waals surface area (Å²) in [4.78, 5) is 0.938. The van der Waals surface area contributed by atoms with Gasteiger partial charge in [-0.1, -0.05) is 12.1 Å². The first-order valence-electron chi connectivity index (χ1n) is 3.50. The third kappa shape index (κ3) is 1.51. The Hall–Kier alpha value is -0.630. The van der Waals surface area contributed by atoms with Crippen LogP contribution in [0.15, 0.2) is 17.0 Å². The molecule has 1 nitrogen and oxygen atoms in total. The van der Waals surface area contributed by atoms with Crippen molar-refractivity contribution in [1.82, 2.24) is 0 Å². The molecule has 0 bridgehead atoms. The fourth-order valence-electron chi connectivity index (χ4n) is 1.03. The zero-order valence-electron chi connectivity index (χ0n) is 7.01. The van der Waals surface area contributed by atoms with Gasteiger partial charge < -0.3 is 4.74 Å². The lowest BCUT2D eigenvalue weighted by Gasteiger charge is -2.08. The zero-order chi connectivity index (χ0) is 8.43. The minimum absolute atomic E-state index is 0.883. The summed E-state index contributed by atoms with van der Waals surface area (Å²) in [6.07, 6.45) is 0. The molecule has 0 atom stereocenters. The van der Waals surface area contributed by atoms with Crippen LogP contribution in [0.3, 0.4) is 0 Å².